The largest absolute Gasteiger partial charge is 0.398 e. The topological polar surface area (TPSA) is 64.9 Å². The molecule has 2 aromatic heterocycles. The summed E-state index contributed by atoms with van der Waals surface area (Å²) in [6.45, 7) is 2.11. The first-order valence-electron chi connectivity index (χ1n) is 5.84. The number of fused-ring (bicyclic) bond motifs is 1. The number of anilines is 1. The molecular formula is C12H15N3O. The summed E-state index contributed by atoms with van der Waals surface area (Å²) in [5, 5.41) is 4.96. The number of nitrogen functional groups attached to an aromatic ring is 1. The van der Waals surface area contributed by atoms with Gasteiger partial charge in [0.05, 0.1) is 11.1 Å². The first-order valence-corrected chi connectivity index (χ1v) is 5.84. The van der Waals surface area contributed by atoms with Crippen LogP contribution in [0.2, 0.25) is 0 Å². The zero-order chi connectivity index (χ0) is 11.1. The minimum absolute atomic E-state index is 0.589. The summed E-state index contributed by atoms with van der Waals surface area (Å²) in [5.74, 6) is 0.589. The van der Waals surface area contributed by atoms with Crippen molar-refractivity contribution >= 4 is 16.8 Å². The first kappa shape index (κ1) is 9.63. The minimum Gasteiger partial charge on any atom is -0.398 e. The molecule has 4 nitrogen and oxygen atoms in total. The van der Waals surface area contributed by atoms with Gasteiger partial charge in [0.2, 0.25) is 0 Å². The van der Waals surface area contributed by atoms with Crippen LogP contribution in [0.25, 0.3) is 11.1 Å². The Morgan fingerprint density at radius 1 is 1.50 bits per heavy atom. The lowest BCUT2D eigenvalue weighted by Crippen LogP contribution is -1.94. The Bertz CT molecular complexity index is 528. The van der Waals surface area contributed by atoms with Gasteiger partial charge in [0.25, 0.3) is 5.71 Å². The molecule has 0 aromatic carbocycles. The SMILES string of the molecule is CCCc1noc2nc(C3CC3)cc(N)c12. The molecule has 2 N–H and O–H groups in total. The van der Waals surface area contributed by atoms with Crippen molar-refractivity contribution in [1.29, 1.82) is 0 Å². The Morgan fingerprint density at radius 2 is 2.31 bits per heavy atom. The maximum absolute atomic E-state index is 6.06. The van der Waals surface area contributed by atoms with Crippen molar-refractivity contribution in [2.24, 2.45) is 0 Å². The van der Waals surface area contributed by atoms with Crippen LogP contribution < -0.4 is 5.73 Å². The van der Waals surface area contributed by atoms with E-state index in [-0.39, 0.29) is 0 Å². The fraction of sp³-hybridized carbons (Fsp3) is 0.500. The molecule has 0 aliphatic heterocycles. The quantitative estimate of drug-likeness (QED) is 0.858. The smallest absolute Gasteiger partial charge is 0.260 e. The Labute approximate surface area is 93.8 Å². The zero-order valence-corrected chi connectivity index (χ0v) is 9.36. The molecule has 16 heavy (non-hydrogen) atoms. The van der Waals surface area contributed by atoms with Gasteiger partial charge in [-0.1, -0.05) is 18.5 Å². The molecule has 3 rings (SSSR count). The second kappa shape index (κ2) is 3.47. The summed E-state index contributed by atoms with van der Waals surface area (Å²) >= 11 is 0. The van der Waals surface area contributed by atoms with Gasteiger partial charge in [-0.2, -0.15) is 0 Å². The maximum atomic E-state index is 6.06. The van der Waals surface area contributed by atoms with Gasteiger partial charge in [0.15, 0.2) is 0 Å². The number of rotatable bonds is 3. The lowest BCUT2D eigenvalue weighted by atomic mass is 10.1. The fourth-order valence-corrected chi connectivity index (χ4v) is 2.06. The average Bonchev–Trinajstić information content (AvgIpc) is 3.03. The molecule has 2 heterocycles. The van der Waals surface area contributed by atoms with E-state index in [1.54, 1.807) is 0 Å². The average molecular weight is 217 g/mol. The molecule has 0 atom stereocenters. The first-order chi connectivity index (χ1) is 7.79. The van der Waals surface area contributed by atoms with Crippen LogP contribution in [0, 0.1) is 0 Å². The van der Waals surface area contributed by atoms with E-state index < -0.39 is 0 Å². The molecule has 84 valence electrons. The molecule has 1 aliphatic carbocycles. The summed E-state index contributed by atoms with van der Waals surface area (Å²) in [6, 6.07) is 1.98. The molecule has 0 bridgehead atoms. The van der Waals surface area contributed by atoms with E-state index in [1.807, 2.05) is 6.07 Å². The van der Waals surface area contributed by atoms with Gasteiger partial charge in [0, 0.05) is 17.3 Å². The molecule has 4 heteroatoms. The molecule has 0 amide bonds. The van der Waals surface area contributed by atoms with E-state index in [9.17, 15) is 0 Å². The lowest BCUT2D eigenvalue weighted by molar-refractivity contribution is 0.437. The minimum atomic E-state index is 0.589. The van der Waals surface area contributed by atoms with Gasteiger partial charge >= 0.3 is 0 Å². The van der Waals surface area contributed by atoms with Crippen molar-refractivity contribution in [2.75, 3.05) is 5.73 Å². The van der Waals surface area contributed by atoms with Gasteiger partial charge in [-0.05, 0) is 25.3 Å². The van der Waals surface area contributed by atoms with E-state index in [0.29, 0.717) is 11.6 Å². The molecule has 1 fully saturated rings. The zero-order valence-electron chi connectivity index (χ0n) is 9.36. The van der Waals surface area contributed by atoms with E-state index in [4.69, 9.17) is 10.3 Å². The third-order valence-corrected chi connectivity index (χ3v) is 3.05. The molecule has 0 spiro atoms. The van der Waals surface area contributed by atoms with Crippen LogP contribution in [-0.2, 0) is 6.42 Å². The van der Waals surface area contributed by atoms with Crippen molar-refractivity contribution < 1.29 is 4.52 Å². The van der Waals surface area contributed by atoms with Crippen molar-refractivity contribution in [1.82, 2.24) is 10.1 Å². The molecule has 0 unspecified atom stereocenters. The molecular weight excluding hydrogens is 202 g/mol. The van der Waals surface area contributed by atoms with Crippen LogP contribution in [0.1, 0.15) is 43.5 Å². The van der Waals surface area contributed by atoms with Crippen LogP contribution >= 0.6 is 0 Å². The summed E-state index contributed by atoms with van der Waals surface area (Å²) < 4.78 is 5.26. The van der Waals surface area contributed by atoms with E-state index in [0.717, 1.165) is 35.3 Å². The number of hydrogen-bond donors (Lipinski definition) is 1. The summed E-state index contributed by atoms with van der Waals surface area (Å²) in [5.41, 5.74) is 9.42. The van der Waals surface area contributed by atoms with Crippen LogP contribution in [0.15, 0.2) is 10.6 Å². The Hall–Kier alpha value is -1.58. The van der Waals surface area contributed by atoms with Crippen LogP contribution in [0.3, 0.4) is 0 Å². The highest BCUT2D eigenvalue weighted by molar-refractivity contribution is 5.89. The number of aromatic nitrogens is 2. The van der Waals surface area contributed by atoms with Gasteiger partial charge in [-0.15, -0.1) is 0 Å². The molecule has 0 radical (unpaired) electrons. The number of nitrogens with two attached hydrogens (primary N) is 1. The third kappa shape index (κ3) is 1.45. The van der Waals surface area contributed by atoms with E-state index in [1.165, 1.54) is 12.8 Å². The highest BCUT2D eigenvalue weighted by Gasteiger charge is 2.27. The second-order valence-corrected chi connectivity index (χ2v) is 4.47. The van der Waals surface area contributed by atoms with Crippen molar-refractivity contribution in [3.05, 3.63) is 17.5 Å². The molecule has 0 saturated heterocycles. The molecule has 2 aromatic rings. The third-order valence-electron chi connectivity index (χ3n) is 3.05. The normalized spacial score (nSPS) is 15.8. The summed E-state index contributed by atoms with van der Waals surface area (Å²) in [7, 11) is 0. The Balaban J connectivity index is 2.14. The van der Waals surface area contributed by atoms with Gasteiger partial charge < -0.3 is 10.3 Å². The van der Waals surface area contributed by atoms with E-state index in [2.05, 4.69) is 17.1 Å². The van der Waals surface area contributed by atoms with Crippen LogP contribution in [0.4, 0.5) is 5.69 Å². The predicted octanol–water partition coefficient (Wildman–Crippen LogP) is 2.63. The standard InChI is InChI=1S/C12H15N3O/c1-2-3-9-11-8(13)6-10(7-4-5-7)14-12(11)16-15-9/h6-7H,2-5H2,1H3,(H2,13,14). The Kier molecular flexibility index (Phi) is 2.09. The molecule has 1 aliphatic rings. The van der Waals surface area contributed by atoms with E-state index >= 15 is 0 Å². The fourth-order valence-electron chi connectivity index (χ4n) is 2.06. The molecule has 1 saturated carbocycles. The maximum Gasteiger partial charge on any atom is 0.260 e. The summed E-state index contributed by atoms with van der Waals surface area (Å²) in [6.07, 6.45) is 4.36. The highest BCUT2D eigenvalue weighted by atomic mass is 16.5. The number of aryl methyl sites for hydroxylation is 1. The van der Waals surface area contributed by atoms with Crippen LogP contribution in [-0.4, -0.2) is 10.1 Å². The number of pyridine rings is 1. The van der Waals surface area contributed by atoms with Gasteiger partial charge in [0.1, 0.15) is 0 Å². The second-order valence-electron chi connectivity index (χ2n) is 4.47. The summed E-state index contributed by atoms with van der Waals surface area (Å²) in [4.78, 5) is 4.49. The monoisotopic (exact) mass is 217 g/mol. The highest BCUT2D eigenvalue weighted by Crippen LogP contribution is 2.41. The Morgan fingerprint density at radius 3 is 3.00 bits per heavy atom. The predicted molar refractivity (Wildman–Crippen MR) is 62.2 cm³/mol. The van der Waals surface area contributed by atoms with Crippen molar-refractivity contribution in [2.45, 2.75) is 38.5 Å². The van der Waals surface area contributed by atoms with Crippen LogP contribution in [0.5, 0.6) is 0 Å². The van der Waals surface area contributed by atoms with Crippen molar-refractivity contribution in [3.63, 3.8) is 0 Å². The number of hydrogen-bond acceptors (Lipinski definition) is 4. The van der Waals surface area contributed by atoms with Gasteiger partial charge in [-0.25, -0.2) is 4.98 Å². The van der Waals surface area contributed by atoms with Crippen molar-refractivity contribution in [3.8, 4) is 0 Å². The number of nitrogens with zero attached hydrogens (tertiary/aromatic N) is 2. The van der Waals surface area contributed by atoms with Gasteiger partial charge in [-0.3, -0.25) is 0 Å². The lowest BCUT2D eigenvalue weighted by Gasteiger charge is -2.00.